The molecule has 142 valence electrons. The van der Waals surface area contributed by atoms with Crippen LogP contribution < -0.4 is 5.32 Å². The molecular weight excluding hydrogens is 380 g/mol. The van der Waals surface area contributed by atoms with Gasteiger partial charge in [0, 0.05) is 27.8 Å². The van der Waals surface area contributed by atoms with Crippen molar-refractivity contribution in [1.29, 1.82) is 5.26 Å². The Balaban J connectivity index is 2.26. The van der Waals surface area contributed by atoms with Gasteiger partial charge in [-0.05, 0) is 50.5 Å². The van der Waals surface area contributed by atoms with Crippen molar-refractivity contribution in [3.63, 3.8) is 0 Å². The first-order valence-electron chi connectivity index (χ1n) is 8.79. The van der Waals surface area contributed by atoms with Gasteiger partial charge in [0.15, 0.2) is 11.6 Å². The highest BCUT2D eigenvalue weighted by Gasteiger charge is 2.32. The summed E-state index contributed by atoms with van der Waals surface area (Å²) in [5.41, 5.74) is 2.54. The SMILES string of the molecule is CC(=O)C1=C(C)NC(SCC(=O)c2ccc(Cl)cc2)=C(C#N)[C@@H]1CC(C)C. The number of hydrogen-bond donors (Lipinski definition) is 1. The Morgan fingerprint density at radius 1 is 1.30 bits per heavy atom. The highest BCUT2D eigenvalue weighted by atomic mass is 35.5. The molecule has 1 aliphatic rings. The second-order valence-electron chi connectivity index (χ2n) is 6.98. The van der Waals surface area contributed by atoms with Crippen LogP contribution in [0, 0.1) is 23.2 Å². The molecule has 4 nitrogen and oxygen atoms in total. The number of allylic oxidation sites excluding steroid dienone is 3. The smallest absolute Gasteiger partial charge is 0.173 e. The van der Waals surface area contributed by atoms with E-state index in [1.807, 2.05) is 6.92 Å². The second kappa shape index (κ2) is 9.25. The fourth-order valence-corrected chi connectivity index (χ4v) is 4.32. The molecule has 1 N–H and O–H groups in total. The molecule has 0 fully saturated rings. The highest BCUT2D eigenvalue weighted by Crippen LogP contribution is 2.37. The number of nitrogens with zero attached hydrogens (tertiary/aromatic N) is 1. The molecule has 0 saturated carbocycles. The van der Waals surface area contributed by atoms with Gasteiger partial charge in [0.25, 0.3) is 0 Å². The summed E-state index contributed by atoms with van der Waals surface area (Å²) in [6, 6.07) is 9.02. The van der Waals surface area contributed by atoms with E-state index in [-0.39, 0.29) is 23.2 Å². The minimum atomic E-state index is -0.234. The van der Waals surface area contributed by atoms with Gasteiger partial charge in [0.2, 0.25) is 0 Å². The van der Waals surface area contributed by atoms with Crippen LogP contribution in [0.5, 0.6) is 0 Å². The van der Waals surface area contributed by atoms with Gasteiger partial charge in [-0.2, -0.15) is 5.26 Å². The van der Waals surface area contributed by atoms with Gasteiger partial charge in [-0.25, -0.2) is 0 Å². The van der Waals surface area contributed by atoms with E-state index in [1.165, 1.54) is 18.7 Å². The molecule has 0 radical (unpaired) electrons. The molecule has 0 spiro atoms. The molecule has 0 amide bonds. The minimum absolute atomic E-state index is 0.0281. The van der Waals surface area contributed by atoms with Crippen molar-refractivity contribution in [3.8, 4) is 6.07 Å². The molecule has 1 heterocycles. The number of rotatable bonds is 7. The lowest BCUT2D eigenvalue weighted by Gasteiger charge is -2.30. The molecule has 1 aliphatic heterocycles. The lowest BCUT2D eigenvalue weighted by molar-refractivity contribution is -0.114. The standard InChI is InChI=1S/C21H23ClN2O2S/c1-12(2)9-17-18(10-23)21(24-13(3)20(17)14(4)25)27-11-19(26)15-5-7-16(22)8-6-15/h5-8,12,17,24H,9,11H2,1-4H3/t17-/m0/s1. The summed E-state index contributed by atoms with van der Waals surface area (Å²) in [6.07, 6.45) is 0.714. The zero-order chi connectivity index (χ0) is 20.1. The van der Waals surface area contributed by atoms with Crippen LogP contribution in [0.25, 0.3) is 0 Å². The summed E-state index contributed by atoms with van der Waals surface area (Å²) in [5.74, 6) is 0.233. The van der Waals surface area contributed by atoms with Gasteiger partial charge in [-0.15, -0.1) is 0 Å². The Labute approximate surface area is 169 Å². The van der Waals surface area contributed by atoms with E-state index < -0.39 is 0 Å². The Morgan fingerprint density at radius 3 is 2.44 bits per heavy atom. The highest BCUT2D eigenvalue weighted by molar-refractivity contribution is 8.03. The van der Waals surface area contributed by atoms with Crippen molar-refractivity contribution < 1.29 is 9.59 Å². The van der Waals surface area contributed by atoms with Crippen molar-refractivity contribution in [2.75, 3.05) is 5.75 Å². The number of nitriles is 1. The average molecular weight is 403 g/mol. The Morgan fingerprint density at radius 2 is 1.93 bits per heavy atom. The van der Waals surface area contributed by atoms with Crippen LogP contribution >= 0.6 is 23.4 Å². The number of Topliss-reactive ketones (excluding diaryl/α,β-unsaturated/α-hetero) is 2. The van der Waals surface area contributed by atoms with Gasteiger partial charge >= 0.3 is 0 Å². The van der Waals surface area contributed by atoms with Crippen LogP contribution in [0.3, 0.4) is 0 Å². The first-order chi connectivity index (χ1) is 12.7. The molecule has 0 aliphatic carbocycles. The molecule has 0 bridgehead atoms. The number of halogens is 1. The van der Waals surface area contributed by atoms with Crippen LogP contribution in [-0.4, -0.2) is 17.3 Å². The van der Waals surface area contributed by atoms with Crippen LogP contribution in [0.15, 0.2) is 46.1 Å². The van der Waals surface area contributed by atoms with Crippen molar-refractivity contribution in [1.82, 2.24) is 5.32 Å². The monoisotopic (exact) mass is 402 g/mol. The lowest BCUT2D eigenvalue weighted by atomic mass is 9.81. The summed E-state index contributed by atoms with van der Waals surface area (Å²) in [5, 5.41) is 14.2. The van der Waals surface area contributed by atoms with Gasteiger partial charge < -0.3 is 5.32 Å². The topological polar surface area (TPSA) is 70.0 Å². The van der Waals surface area contributed by atoms with Gasteiger partial charge in [-0.1, -0.05) is 37.2 Å². The maximum atomic E-state index is 12.4. The van der Waals surface area contributed by atoms with Crippen molar-refractivity contribution in [2.24, 2.45) is 11.8 Å². The molecule has 0 saturated heterocycles. The quantitative estimate of drug-likeness (QED) is 0.641. The molecule has 2 rings (SSSR count). The third-order valence-corrected chi connectivity index (χ3v) is 5.64. The molecule has 0 aromatic heterocycles. The van der Waals surface area contributed by atoms with Crippen LogP contribution in [0.4, 0.5) is 0 Å². The van der Waals surface area contributed by atoms with E-state index in [0.717, 1.165) is 5.70 Å². The van der Waals surface area contributed by atoms with Gasteiger partial charge in [0.05, 0.1) is 22.4 Å². The molecule has 1 aromatic rings. The first kappa shape index (κ1) is 21.3. The van der Waals surface area contributed by atoms with Crippen molar-refractivity contribution in [2.45, 2.75) is 34.1 Å². The van der Waals surface area contributed by atoms with Crippen molar-refractivity contribution >= 4 is 34.9 Å². The molecule has 6 heteroatoms. The largest absolute Gasteiger partial charge is 0.353 e. The lowest BCUT2D eigenvalue weighted by Crippen LogP contribution is -2.29. The summed E-state index contributed by atoms with van der Waals surface area (Å²) in [4.78, 5) is 24.6. The van der Waals surface area contributed by atoms with E-state index in [9.17, 15) is 14.9 Å². The number of hydrogen-bond acceptors (Lipinski definition) is 5. The molecule has 1 atom stereocenters. The summed E-state index contributed by atoms with van der Waals surface area (Å²) >= 11 is 7.17. The number of nitrogens with one attached hydrogen (secondary N) is 1. The molecule has 27 heavy (non-hydrogen) atoms. The van der Waals surface area contributed by atoms with E-state index in [0.29, 0.717) is 39.1 Å². The molecule has 1 aromatic carbocycles. The summed E-state index contributed by atoms with van der Waals surface area (Å²) in [6.45, 7) is 7.52. The normalized spacial score (nSPS) is 17.0. The fraction of sp³-hybridized carbons (Fsp3) is 0.381. The number of dihydropyridines is 1. The number of benzene rings is 1. The van der Waals surface area contributed by atoms with E-state index in [1.54, 1.807) is 24.3 Å². The predicted molar refractivity (Wildman–Crippen MR) is 110 cm³/mol. The number of ketones is 2. The fourth-order valence-electron chi connectivity index (χ4n) is 3.18. The minimum Gasteiger partial charge on any atom is -0.353 e. The molecule has 0 unspecified atom stereocenters. The Hall–Kier alpha value is -2.03. The van der Waals surface area contributed by atoms with Crippen LogP contribution in [0.2, 0.25) is 5.02 Å². The maximum absolute atomic E-state index is 12.4. The Kier molecular flexibility index (Phi) is 7.29. The second-order valence-corrected chi connectivity index (χ2v) is 8.40. The number of carbonyl (C=O) groups is 2. The third-order valence-electron chi connectivity index (χ3n) is 4.37. The Bertz CT molecular complexity index is 848. The number of thioether (sulfide) groups is 1. The average Bonchev–Trinajstić information content (AvgIpc) is 2.59. The van der Waals surface area contributed by atoms with Crippen molar-refractivity contribution in [3.05, 3.63) is 56.7 Å². The third kappa shape index (κ3) is 5.24. The summed E-state index contributed by atoms with van der Waals surface area (Å²) in [7, 11) is 0. The van der Waals surface area contributed by atoms with E-state index >= 15 is 0 Å². The summed E-state index contributed by atoms with van der Waals surface area (Å²) < 4.78 is 0. The van der Waals surface area contributed by atoms with E-state index in [2.05, 4.69) is 25.2 Å². The zero-order valence-electron chi connectivity index (χ0n) is 15.9. The van der Waals surface area contributed by atoms with Gasteiger partial charge in [-0.3, -0.25) is 9.59 Å². The first-order valence-corrected chi connectivity index (χ1v) is 10.2. The zero-order valence-corrected chi connectivity index (χ0v) is 17.5. The van der Waals surface area contributed by atoms with Crippen LogP contribution in [0.1, 0.15) is 44.5 Å². The predicted octanol–water partition coefficient (Wildman–Crippen LogP) is 5.12. The molecular formula is C21H23ClN2O2S. The van der Waals surface area contributed by atoms with Gasteiger partial charge in [0.1, 0.15) is 0 Å². The maximum Gasteiger partial charge on any atom is 0.173 e. The van der Waals surface area contributed by atoms with E-state index in [4.69, 9.17) is 11.6 Å². The number of carbonyl (C=O) groups excluding carboxylic acids is 2. The van der Waals surface area contributed by atoms with Crippen LogP contribution in [-0.2, 0) is 4.79 Å².